The normalized spacial score (nSPS) is 12.0. The van der Waals surface area contributed by atoms with E-state index in [0.717, 1.165) is 0 Å². The predicted molar refractivity (Wildman–Crippen MR) is 103 cm³/mol. The van der Waals surface area contributed by atoms with Gasteiger partial charge < -0.3 is 10.1 Å². The predicted octanol–water partition coefficient (Wildman–Crippen LogP) is 1.74. The van der Waals surface area contributed by atoms with E-state index in [9.17, 15) is 18.8 Å². The van der Waals surface area contributed by atoms with Gasteiger partial charge in [0.25, 0.3) is 5.56 Å². The minimum atomic E-state index is -0.667. The van der Waals surface area contributed by atoms with E-state index in [1.807, 2.05) is 0 Å². The number of hydrogen-bond acceptors (Lipinski definition) is 5. The molecule has 0 bridgehead atoms. The summed E-state index contributed by atoms with van der Waals surface area (Å²) in [6, 6.07) is 6.26. The van der Waals surface area contributed by atoms with Gasteiger partial charge in [-0.15, -0.1) is 0 Å². The molecule has 0 aliphatic rings. The summed E-state index contributed by atoms with van der Waals surface area (Å²) in [4.78, 5) is 40.4. The summed E-state index contributed by atoms with van der Waals surface area (Å²) in [7, 11) is 1.26. The molecule has 1 amide bonds. The zero-order chi connectivity index (χ0) is 21.1. The first-order valence-corrected chi connectivity index (χ1v) is 8.98. The van der Waals surface area contributed by atoms with Crippen LogP contribution < -0.4 is 10.9 Å². The summed E-state index contributed by atoms with van der Waals surface area (Å²) in [6.45, 7) is 3.55. The number of ether oxygens (including phenoxy) is 1. The van der Waals surface area contributed by atoms with Crippen LogP contribution in [-0.4, -0.2) is 33.6 Å². The lowest BCUT2D eigenvalue weighted by atomic mass is 10.0. The fourth-order valence-electron chi connectivity index (χ4n) is 3.21. The minimum absolute atomic E-state index is 0.000313. The van der Waals surface area contributed by atoms with Crippen LogP contribution in [0.3, 0.4) is 0 Å². The maximum absolute atomic E-state index is 13.2. The molecule has 0 aliphatic heterocycles. The number of carbonyl (C=O) groups is 2. The summed E-state index contributed by atoms with van der Waals surface area (Å²) in [5.41, 5.74) is 2.76. The number of carbonyl (C=O) groups excluding carboxylic acids is 2. The van der Waals surface area contributed by atoms with Gasteiger partial charge in [0.2, 0.25) is 5.91 Å². The molecule has 2 aromatic heterocycles. The number of nitrogens with zero attached hydrogens (tertiary/aromatic N) is 2. The number of amides is 1. The molecule has 1 atom stereocenters. The second-order valence-corrected chi connectivity index (χ2v) is 6.70. The van der Waals surface area contributed by atoms with Crippen LogP contribution in [0.15, 0.2) is 35.1 Å². The highest BCUT2D eigenvalue weighted by atomic mass is 19.1. The lowest BCUT2D eigenvalue weighted by Crippen LogP contribution is -2.32. The summed E-state index contributed by atoms with van der Waals surface area (Å²) in [5, 5.41) is 5.45. The van der Waals surface area contributed by atoms with Gasteiger partial charge in [-0.1, -0.05) is 12.1 Å². The Kier molecular flexibility index (Phi) is 5.76. The SMILES string of the molecule is COC(=O)CC(NC(=O)Cc1c(C)nc2cc(=O)[nH]n2c1C)c1ccc(F)cc1. The molecule has 152 valence electrons. The molecule has 0 aliphatic carbocycles. The first-order chi connectivity index (χ1) is 13.8. The van der Waals surface area contributed by atoms with E-state index in [1.54, 1.807) is 13.8 Å². The van der Waals surface area contributed by atoms with Gasteiger partial charge in [-0.05, 0) is 31.5 Å². The molecule has 0 saturated carbocycles. The number of halogens is 1. The number of hydrogen-bond donors (Lipinski definition) is 2. The highest BCUT2D eigenvalue weighted by Crippen LogP contribution is 2.19. The van der Waals surface area contributed by atoms with Crippen molar-refractivity contribution in [3.05, 3.63) is 69.0 Å². The number of aromatic nitrogens is 3. The molecule has 0 saturated heterocycles. The second-order valence-electron chi connectivity index (χ2n) is 6.70. The molecule has 3 aromatic rings. The van der Waals surface area contributed by atoms with Crippen LogP contribution in [0, 0.1) is 19.7 Å². The molecule has 0 spiro atoms. The summed E-state index contributed by atoms with van der Waals surface area (Å²) < 4.78 is 19.5. The first kappa shape index (κ1) is 20.2. The Morgan fingerprint density at radius 2 is 1.97 bits per heavy atom. The molecule has 2 N–H and O–H groups in total. The van der Waals surface area contributed by atoms with Crippen molar-refractivity contribution in [1.82, 2.24) is 19.9 Å². The number of benzene rings is 1. The average molecular weight is 400 g/mol. The Morgan fingerprint density at radius 3 is 2.62 bits per heavy atom. The highest BCUT2D eigenvalue weighted by molar-refractivity contribution is 5.80. The topological polar surface area (TPSA) is 106 Å². The van der Waals surface area contributed by atoms with Gasteiger partial charge in [-0.25, -0.2) is 13.9 Å². The van der Waals surface area contributed by atoms with Gasteiger partial charge in [0.1, 0.15) is 5.82 Å². The molecular weight excluding hydrogens is 379 g/mol. The van der Waals surface area contributed by atoms with Crippen LogP contribution in [0.5, 0.6) is 0 Å². The molecule has 8 nitrogen and oxygen atoms in total. The van der Waals surface area contributed by atoms with Gasteiger partial charge in [0.15, 0.2) is 5.65 Å². The zero-order valence-corrected chi connectivity index (χ0v) is 16.3. The largest absolute Gasteiger partial charge is 0.469 e. The molecule has 1 unspecified atom stereocenters. The maximum Gasteiger partial charge on any atom is 0.307 e. The van der Waals surface area contributed by atoms with Crippen molar-refractivity contribution in [1.29, 1.82) is 0 Å². The van der Waals surface area contributed by atoms with E-state index >= 15 is 0 Å². The summed E-state index contributed by atoms with van der Waals surface area (Å²) in [5.74, 6) is -1.26. The third-order valence-corrected chi connectivity index (χ3v) is 4.75. The van der Waals surface area contributed by atoms with E-state index < -0.39 is 17.8 Å². The van der Waals surface area contributed by atoms with Crippen LogP contribution >= 0.6 is 0 Å². The summed E-state index contributed by atoms with van der Waals surface area (Å²) >= 11 is 0. The number of H-pyrrole nitrogens is 1. The average Bonchev–Trinajstić information content (AvgIpc) is 3.05. The molecule has 0 radical (unpaired) electrons. The summed E-state index contributed by atoms with van der Waals surface area (Å²) in [6.07, 6.45) is -0.0896. The molecule has 2 heterocycles. The van der Waals surface area contributed by atoms with E-state index in [-0.39, 0.29) is 24.3 Å². The number of esters is 1. The Labute approximate surface area is 165 Å². The molecule has 3 rings (SSSR count). The molecule has 1 aromatic carbocycles. The fraction of sp³-hybridized carbons (Fsp3) is 0.300. The molecule has 9 heteroatoms. The second kappa shape index (κ2) is 8.26. The lowest BCUT2D eigenvalue weighted by molar-refractivity contribution is -0.141. The van der Waals surface area contributed by atoms with Crippen molar-refractivity contribution < 1.29 is 18.7 Å². The molecule has 0 fully saturated rings. The quantitative estimate of drug-likeness (QED) is 0.613. The van der Waals surface area contributed by atoms with Crippen LogP contribution in [0.25, 0.3) is 5.65 Å². The van der Waals surface area contributed by atoms with E-state index in [4.69, 9.17) is 4.74 Å². The molecule has 29 heavy (non-hydrogen) atoms. The van der Waals surface area contributed by atoms with Crippen molar-refractivity contribution >= 4 is 17.5 Å². The van der Waals surface area contributed by atoms with Crippen LogP contribution in [0.1, 0.15) is 35.0 Å². The van der Waals surface area contributed by atoms with Crippen LogP contribution in [-0.2, 0) is 20.7 Å². The number of fused-ring (bicyclic) bond motifs is 1. The number of aryl methyl sites for hydroxylation is 2. The van der Waals surface area contributed by atoms with E-state index in [0.29, 0.717) is 28.2 Å². The number of rotatable bonds is 6. The van der Waals surface area contributed by atoms with Crippen molar-refractivity contribution in [3.8, 4) is 0 Å². The lowest BCUT2D eigenvalue weighted by Gasteiger charge is -2.19. The van der Waals surface area contributed by atoms with E-state index in [2.05, 4.69) is 15.4 Å². The third-order valence-electron chi connectivity index (χ3n) is 4.75. The zero-order valence-electron chi connectivity index (χ0n) is 16.3. The first-order valence-electron chi connectivity index (χ1n) is 8.98. The Hall–Kier alpha value is -3.49. The Morgan fingerprint density at radius 1 is 1.28 bits per heavy atom. The highest BCUT2D eigenvalue weighted by Gasteiger charge is 2.21. The van der Waals surface area contributed by atoms with Crippen LogP contribution in [0.4, 0.5) is 4.39 Å². The van der Waals surface area contributed by atoms with Crippen molar-refractivity contribution in [2.24, 2.45) is 0 Å². The standard InChI is InChI=1S/C20H21FN4O4/c1-11-15(12(2)25-17(22-11)10-19(27)24-25)8-18(26)23-16(9-20(28)29-3)13-4-6-14(21)7-5-13/h4-7,10,16H,8-9H2,1-3H3,(H,23,26)(H,24,27). The fourth-order valence-corrected chi connectivity index (χ4v) is 3.21. The van der Waals surface area contributed by atoms with Gasteiger partial charge in [-0.2, -0.15) is 0 Å². The molecular formula is C20H21FN4O4. The van der Waals surface area contributed by atoms with Crippen molar-refractivity contribution in [3.63, 3.8) is 0 Å². The van der Waals surface area contributed by atoms with Gasteiger partial charge in [0, 0.05) is 23.0 Å². The third kappa shape index (κ3) is 4.50. The van der Waals surface area contributed by atoms with E-state index in [1.165, 1.54) is 42.0 Å². The van der Waals surface area contributed by atoms with Gasteiger partial charge in [-0.3, -0.25) is 19.5 Å². The Balaban J connectivity index is 1.84. The number of methoxy groups -OCH3 is 1. The van der Waals surface area contributed by atoms with Crippen molar-refractivity contribution in [2.75, 3.05) is 7.11 Å². The smallest absolute Gasteiger partial charge is 0.307 e. The number of aromatic amines is 1. The van der Waals surface area contributed by atoms with Crippen LogP contribution in [0.2, 0.25) is 0 Å². The minimum Gasteiger partial charge on any atom is -0.469 e. The monoisotopic (exact) mass is 400 g/mol. The number of nitrogens with one attached hydrogen (secondary N) is 2. The van der Waals surface area contributed by atoms with Gasteiger partial charge in [0.05, 0.1) is 26.0 Å². The Bertz CT molecular complexity index is 1120. The van der Waals surface area contributed by atoms with Gasteiger partial charge >= 0.3 is 5.97 Å². The maximum atomic E-state index is 13.2. The van der Waals surface area contributed by atoms with Crippen molar-refractivity contribution in [2.45, 2.75) is 32.7 Å².